The fourth-order valence-corrected chi connectivity index (χ4v) is 2.10. The van der Waals surface area contributed by atoms with Crippen molar-refractivity contribution >= 4 is 12.0 Å². The maximum Gasteiger partial charge on any atom is 0.317 e. The summed E-state index contributed by atoms with van der Waals surface area (Å²) in [5.74, 6) is -0.845. The molecule has 1 heterocycles. The van der Waals surface area contributed by atoms with Crippen LogP contribution in [0.2, 0.25) is 0 Å². The summed E-state index contributed by atoms with van der Waals surface area (Å²) < 4.78 is 5.42. The lowest BCUT2D eigenvalue weighted by atomic mass is 10.1. The molecular formula is C12H22N2O4. The van der Waals surface area contributed by atoms with Crippen molar-refractivity contribution in [3.05, 3.63) is 0 Å². The number of amides is 2. The SMILES string of the molecule is CC(CCC(=O)O)NC(=O)N(C)C1CCOC1C. The third-order valence-corrected chi connectivity index (χ3v) is 3.32. The number of urea groups is 1. The predicted molar refractivity (Wildman–Crippen MR) is 66.4 cm³/mol. The van der Waals surface area contributed by atoms with Gasteiger partial charge in [-0.05, 0) is 26.7 Å². The Hall–Kier alpha value is -1.30. The zero-order valence-electron chi connectivity index (χ0n) is 11.2. The number of likely N-dealkylation sites (N-methyl/N-ethyl adjacent to an activating group) is 1. The largest absolute Gasteiger partial charge is 0.481 e. The summed E-state index contributed by atoms with van der Waals surface area (Å²) in [4.78, 5) is 24.0. The van der Waals surface area contributed by atoms with Crippen molar-refractivity contribution < 1.29 is 19.4 Å². The molecule has 1 rings (SSSR count). The topological polar surface area (TPSA) is 78.9 Å². The summed E-state index contributed by atoms with van der Waals surface area (Å²) in [6, 6.07) is -0.222. The van der Waals surface area contributed by atoms with Crippen LogP contribution in [0.15, 0.2) is 0 Å². The highest BCUT2D eigenvalue weighted by Gasteiger charge is 2.30. The van der Waals surface area contributed by atoms with Crippen LogP contribution in [-0.2, 0) is 9.53 Å². The molecule has 18 heavy (non-hydrogen) atoms. The number of ether oxygens (including phenoxy) is 1. The van der Waals surface area contributed by atoms with Crippen molar-refractivity contribution in [3.63, 3.8) is 0 Å². The van der Waals surface area contributed by atoms with E-state index in [9.17, 15) is 9.59 Å². The lowest BCUT2D eigenvalue weighted by molar-refractivity contribution is -0.137. The minimum absolute atomic E-state index is 0.0510. The molecule has 6 nitrogen and oxygen atoms in total. The molecule has 1 aliphatic rings. The highest BCUT2D eigenvalue weighted by atomic mass is 16.5. The predicted octanol–water partition coefficient (Wildman–Crippen LogP) is 1.06. The van der Waals surface area contributed by atoms with E-state index in [1.165, 1.54) is 0 Å². The van der Waals surface area contributed by atoms with Crippen molar-refractivity contribution in [1.82, 2.24) is 10.2 Å². The summed E-state index contributed by atoms with van der Waals surface area (Å²) in [6.07, 6.45) is 1.39. The molecule has 0 aromatic heterocycles. The molecule has 0 saturated carbocycles. The van der Waals surface area contributed by atoms with E-state index in [0.717, 1.165) is 6.42 Å². The zero-order chi connectivity index (χ0) is 13.7. The average molecular weight is 258 g/mol. The van der Waals surface area contributed by atoms with Crippen molar-refractivity contribution in [3.8, 4) is 0 Å². The molecule has 1 saturated heterocycles. The Morgan fingerprint density at radius 1 is 1.56 bits per heavy atom. The molecule has 3 atom stereocenters. The summed E-state index contributed by atoms with van der Waals surface area (Å²) in [5, 5.41) is 11.4. The van der Waals surface area contributed by atoms with E-state index in [0.29, 0.717) is 13.0 Å². The van der Waals surface area contributed by atoms with Crippen molar-refractivity contribution in [1.29, 1.82) is 0 Å². The number of nitrogens with zero attached hydrogens (tertiary/aromatic N) is 1. The summed E-state index contributed by atoms with van der Waals surface area (Å²) in [7, 11) is 1.75. The third-order valence-electron chi connectivity index (χ3n) is 3.32. The Labute approximate surface area is 107 Å². The smallest absolute Gasteiger partial charge is 0.317 e. The van der Waals surface area contributed by atoms with Crippen LogP contribution in [0, 0.1) is 0 Å². The first-order chi connectivity index (χ1) is 8.41. The number of carbonyl (C=O) groups is 2. The van der Waals surface area contributed by atoms with E-state index in [-0.39, 0.29) is 30.6 Å². The highest BCUT2D eigenvalue weighted by Crippen LogP contribution is 2.18. The lowest BCUT2D eigenvalue weighted by Crippen LogP contribution is -2.48. The summed E-state index contributed by atoms with van der Waals surface area (Å²) >= 11 is 0. The molecule has 6 heteroatoms. The van der Waals surface area contributed by atoms with Gasteiger partial charge in [0.2, 0.25) is 0 Å². The van der Waals surface area contributed by atoms with Gasteiger partial charge in [0, 0.05) is 26.1 Å². The lowest BCUT2D eigenvalue weighted by Gasteiger charge is -2.28. The Balaban J connectivity index is 2.37. The van der Waals surface area contributed by atoms with Gasteiger partial charge in [-0.2, -0.15) is 0 Å². The van der Waals surface area contributed by atoms with Gasteiger partial charge in [0.05, 0.1) is 12.1 Å². The van der Waals surface area contributed by atoms with Crippen LogP contribution in [0.3, 0.4) is 0 Å². The second-order valence-electron chi connectivity index (χ2n) is 4.83. The molecule has 1 aliphatic heterocycles. The van der Waals surface area contributed by atoms with Crippen LogP contribution in [0.1, 0.15) is 33.1 Å². The van der Waals surface area contributed by atoms with E-state index >= 15 is 0 Å². The third kappa shape index (κ3) is 4.18. The number of aliphatic carboxylic acids is 1. The molecule has 0 aromatic rings. The fourth-order valence-electron chi connectivity index (χ4n) is 2.10. The molecule has 0 bridgehead atoms. The molecule has 3 unspecified atom stereocenters. The van der Waals surface area contributed by atoms with Gasteiger partial charge in [0.15, 0.2) is 0 Å². The average Bonchev–Trinajstić information content (AvgIpc) is 2.71. The van der Waals surface area contributed by atoms with E-state index in [1.54, 1.807) is 11.9 Å². The van der Waals surface area contributed by atoms with E-state index < -0.39 is 5.97 Å². The van der Waals surface area contributed by atoms with Crippen molar-refractivity contribution in [2.24, 2.45) is 0 Å². The van der Waals surface area contributed by atoms with Crippen LogP contribution in [-0.4, -0.2) is 53.8 Å². The van der Waals surface area contributed by atoms with Crippen LogP contribution >= 0.6 is 0 Å². The number of rotatable bonds is 5. The van der Waals surface area contributed by atoms with Gasteiger partial charge in [0.1, 0.15) is 0 Å². The normalized spacial score (nSPS) is 24.6. The van der Waals surface area contributed by atoms with E-state index in [1.807, 2.05) is 13.8 Å². The summed E-state index contributed by atoms with van der Waals surface area (Å²) in [5.41, 5.74) is 0. The maximum atomic E-state index is 11.9. The van der Waals surface area contributed by atoms with E-state index in [4.69, 9.17) is 9.84 Å². The zero-order valence-corrected chi connectivity index (χ0v) is 11.2. The van der Waals surface area contributed by atoms with Gasteiger partial charge < -0.3 is 20.1 Å². The molecule has 0 radical (unpaired) electrons. The first-order valence-electron chi connectivity index (χ1n) is 6.28. The standard InChI is InChI=1S/C12H22N2O4/c1-8(4-5-11(15)16)13-12(17)14(3)10-6-7-18-9(10)2/h8-10H,4-7H2,1-3H3,(H,13,17)(H,15,16). The molecule has 104 valence electrons. The second kappa shape index (κ2) is 6.58. The Morgan fingerprint density at radius 2 is 2.22 bits per heavy atom. The van der Waals surface area contributed by atoms with Crippen LogP contribution in [0.5, 0.6) is 0 Å². The fraction of sp³-hybridized carbons (Fsp3) is 0.833. The number of hydrogen-bond donors (Lipinski definition) is 2. The first kappa shape index (κ1) is 14.8. The number of carboxylic acid groups (broad SMARTS) is 1. The highest BCUT2D eigenvalue weighted by molar-refractivity contribution is 5.74. The molecule has 1 fully saturated rings. The van der Waals surface area contributed by atoms with Gasteiger partial charge in [-0.15, -0.1) is 0 Å². The summed E-state index contributed by atoms with van der Waals surface area (Å²) in [6.45, 7) is 4.44. The number of hydrogen-bond acceptors (Lipinski definition) is 3. The molecular weight excluding hydrogens is 236 g/mol. The van der Waals surface area contributed by atoms with Crippen LogP contribution in [0.4, 0.5) is 4.79 Å². The van der Waals surface area contributed by atoms with Gasteiger partial charge >= 0.3 is 12.0 Å². The molecule has 2 amide bonds. The van der Waals surface area contributed by atoms with E-state index in [2.05, 4.69) is 5.32 Å². The molecule has 0 spiro atoms. The van der Waals surface area contributed by atoms with Crippen LogP contribution in [0.25, 0.3) is 0 Å². The van der Waals surface area contributed by atoms with Gasteiger partial charge in [0.25, 0.3) is 0 Å². The molecule has 2 N–H and O–H groups in total. The quantitative estimate of drug-likeness (QED) is 0.772. The van der Waals surface area contributed by atoms with Gasteiger partial charge in [-0.1, -0.05) is 0 Å². The number of carboxylic acids is 1. The first-order valence-corrected chi connectivity index (χ1v) is 6.28. The van der Waals surface area contributed by atoms with Gasteiger partial charge in [-0.3, -0.25) is 4.79 Å². The number of carbonyl (C=O) groups excluding carboxylic acids is 1. The maximum absolute atomic E-state index is 11.9. The monoisotopic (exact) mass is 258 g/mol. The van der Waals surface area contributed by atoms with Crippen molar-refractivity contribution in [2.75, 3.05) is 13.7 Å². The second-order valence-corrected chi connectivity index (χ2v) is 4.83. The minimum Gasteiger partial charge on any atom is -0.481 e. The number of nitrogens with one attached hydrogen (secondary N) is 1. The van der Waals surface area contributed by atoms with Gasteiger partial charge in [-0.25, -0.2) is 4.79 Å². The van der Waals surface area contributed by atoms with Crippen LogP contribution < -0.4 is 5.32 Å². The Bertz CT molecular complexity index is 308. The molecule has 0 aliphatic carbocycles. The molecule has 0 aromatic carbocycles. The Morgan fingerprint density at radius 3 is 2.72 bits per heavy atom. The Kier molecular flexibility index (Phi) is 5.40. The van der Waals surface area contributed by atoms with Crippen molar-refractivity contribution in [2.45, 2.75) is 51.3 Å². The minimum atomic E-state index is -0.845.